The molecule has 2 unspecified atom stereocenters. The predicted octanol–water partition coefficient (Wildman–Crippen LogP) is 1.73. The lowest BCUT2D eigenvalue weighted by Crippen LogP contribution is -2.56. The molecule has 1 aliphatic rings. The Morgan fingerprint density at radius 2 is 1.95 bits per heavy atom. The Morgan fingerprint density at radius 1 is 1.29 bits per heavy atom. The molecule has 4 heteroatoms. The van der Waals surface area contributed by atoms with Gasteiger partial charge in [0.2, 0.25) is 0 Å². The first kappa shape index (κ1) is 16.4. The SMILES string of the molecule is CCc1ccc(CC(NN)C2CN(C(C)C)CCO2)cc1. The van der Waals surface area contributed by atoms with Gasteiger partial charge in [-0.1, -0.05) is 31.2 Å². The molecule has 0 aliphatic carbocycles. The van der Waals surface area contributed by atoms with E-state index in [1.165, 1.54) is 11.1 Å². The van der Waals surface area contributed by atoms with Gasteiger partial charge in [0.25, 0.3) is 0 Å². The largest absolute Gasteiger partial charge is 0.374 e. The van der Waals surface area contributed by atoms with Crippen molar-refractivity contribution in [2.75, 3.05) is 19.7 Å². The van der Waals surface area contributed by atoms with Gasteiger partial charge in [0.05, 0.1) is 18.8 Å². The fraction of sp³-hybridized carbons (Fsp3) is 0.647. The van der Waals surface area contributed by atoms with E-state index in [1.54, 1.807) is 0 Å². The van der Waals surface area contributed by atoms with E-state index in [9.17, 15) is 0 Å². The maximum atomic E-state index is 5.94. The maximum Gasteiger partial charge on any atom is 0.0872 e. The second-order valence-electron chi connectivity index (χ2n) is 6.15. The van der Waals surface area contributed by atoms with Crippen LogP contribution in [0.25, 0.3) is 0 Å². The zero-order chi connectivity index (χ0) is 15.2. The van der Waals surface area contributed by atoms with Crippen molar-refractivity contribution in [2.24, 2.45) is 5.84 Å². The molecule has 1 aromatic carbocycles. The van der Waals surface area contributed by atoms with E-state index in [2.05, 4.69) is 55.4 Å². The number of hydrazine groups is 1. The molecule has 1 saturated heterocycles. The quantitative estimate of drug-likeness (QED) is 0.619. The van der Waals surface area contributed by atoms with Gasteiger partial charge in [-0.15, -0.1) is 0 Å². The highest BCUT2D eigenvalue weighted by Gasteiger charge is 2.28. The fourth-order valence-corrected chi connectivity index (χ4v) is 2.87. The van der Waals surface area contributed by atoms with Crippen molar-refractivity contribution in [3.63, 3.8) is 0 Å². The van der Waals surface area contributed by atoms with Crippen molar-refractivity contribution >= 4 is 0 Å². The Hall–Kier alpha value is -0.940. The van der Waals surface area contributed by atoms with Crippen molar-refractivity contribution in [3.05, 3.63) is 35.4 Å². The van der Waals surface area contributed by atoms with Gasteiger partial charge in [-0.05, 0) is 37.8 Å². The zero-order valence-electron chi connectivity index (χ0n) is 13.5. The molecule has 118 valence electrons. The summed E-state index contributed by atoms with van der Waals surface area (Å²) in [6.45, 7) is 9.38. The minimum absolute atomic E-state index is 0.150. The molecule has 2 atom stereocenters. The van der Waals surface area contributed by atoms with E-state index in [4.69, 9.17) is 10.6 Å². The molecule has 0 amide bonds. The Morgan fingerprint density at radius 3 is 2.52 bits per heavy atom. The van der Waals surface area contributed by atoms with E-state index < -0.39 is 0 Å². The van der Waals surface area contributed by atoms with Crippen LogP contribution in [0.5, 0.6) is 0 Å². The molecule has 21 heavy (non-hydrogen) atoms. The molecule has 1 aromatic rings. The molecule has 1 heterocycles. The summed E-state index contributed by atoms with van der Waals surface area (Å²) in [7, 11) is 0. The van der Waals surface area contributed by atoms with Gasteiger partial charge in [-0.2, -0.15) is 0 Å². The zero-order valence-corrected chi connectivity index (χ0v) is 13.5. The molecular formula is C17H29N3O. The Labute approximate surface area is 128 Å². The highest BCUT2D eigenvalue weighted by atomic mass is 16.5. The first-order valence-electron chi connectivity index (χ1n) is 8.03. The van der Waals surface area contributed by atoms with Crippen LogP contribution in [0.1, 0.15) is 31.9 Å². The molecule has 3 N–H and O–H groups in total. The normalized spacial score (nSPS) is 21.7. The van der Waals surface area contributed by atoms with Gasteiger partial charge in [0, 0.05) is 19.1 Å². The number of ether oxygens (including phenoxy) is 1. The smallest absolute Gasteiger partial charge is 0.0872 e. The van der Waals surface area contributed by atoms with E-state index >= 15 is 0 Å². The third-order valence-electron chi connectivity index (χ3n) is 4.40. The third-order valence-corrected chi connectivity index (χ3v) is 4.40. The van der Waals surface area contributed by atoms with Gasteiger partial charge in [-0.25, -0.2) is 0 Å². The van der Waals surface area contributed by atoms with Crippen molar-refractivity contribution < 1.29 is 4.74 Å². The number of hydrogen-bond acceptors (Lipinski definition) is 4. The van der Waals surface area contributed by atoms with Crippen LogP contribution in [-0.4, -0.2) is 42.8 Å². The van der Waals surface area contributed by atoms with Gasteiger partial charge in [-0.3, -0.25) is 16.2 Å². The number of morpholine rings is 1. The molecule has 2 rings (SSSR count). The van der Waals surface area contributed by atoms with Crippen LogP contribution >= 0.6 is 0 Å². The lowest BCUT2D eigenvalue weighted by Gasteiger charge is -2.38. The van der Waals surface area contributed by atoms with Crippen LogP contribution in [0.4, 0.5) is 0 Å². The summed E-state index contributed by atoms with van der Waals surface area (Å²) < 4.78 is 5.94. The van der Waals surface area contributed by atoms with Crippen molar-refractivity contribution in [2.45, 2.75) is 51.8 Å². The second kappa shape index (κ2) is 7.90. The highest BCUT2D eigenvalue weighted by molar-refractivity contribution is 5.23. The summed E-state index contributed by atoms with van der Waals surface area (Å²) in [5.74, 6) is 5.78. The van der Waals surface area contributed by atoms with E-state index in [0.717, 1.165) is 32.5 Å². The van der Waals surface area contributed by atoms with Gasteiger partial charge in [0.15, 0.2) is 0 Å². The minimum Gasteiger partial charge on any atom is -0.374 e. The Kier molecular flexibility index (Phi) is 6.18. The Bertz CT molecular complexity index is 419. The average Bonchev–Trinajstić information content (AvgIpc) is 2.53. The molecule has 0 bridgehead atoms. The molecular weight excluding hydrogens is 262 g/mol. The van der Waals surface area contributed by atoms with Gasteiger partial charge in [0.1, 0.15) is 0 Å². The highest BCUT2D eigenvalue weighted by Crippen LogP contribution is 2.15. The fourth-order valence-electron chi connectivity index (χ4n) is 2.87. The van der Waals surface area contributed by atoms with Crippen LogP contribution in [0.15, 0.2) is 24.3 Å². The number of nitrogens with zero attached hydrogens (tertiary/aromatic N) is 1. The van der Waals surface area contributed by atoms with Crippen LogP contribution in [0.3, 0.4) is 0 Å². The number of nitrogens with two attached hydrogens (primary N) is 1. The molecule has 4 nitrogen and oxygen atoms in total. The molecule has 1 aliphatic heterocycles. The van der Waals surface area contributed by atoms with Gasteiger partial charge < -0.3 is 4.74 Å². The average molecular weight is 291 g/mol. The van der Waals surface area contributed by atoms with Crippen LogP contribution < -0.4 is 11.3 Å². The van der Waals surface area contributed by atoms with Crippen LogP contribution in [0, 0.1) is 0 Å². The molecule has 0 saturated carbocycles. The first-order chi connectivity index (χ1) is 10.1. The van der Waals surface area contributed by atoms with Crippen molar-refractivity contribution in [1.29, 1.82) is 0 Å². The maximum absolute atomic E-state index is 5.94. The lowest BCUT2D eigenvalue weighted by atomic mass is 9.99. The predicted molar refractivity (Wildman–Crippen MR) is 87.1 cm³/mol. The number of nitrogens with one attached hydrogen (secondary N) is 1. The standard InChI is InChI=1S/C17H29N3O/c1-4-14-5-7-15(8-6-14)11-16(19-18)17-12-20(13(2)3)9-10-21-17/h5-8,13,16-17,19H,4,9-12,18H2,1-3H3. The van der Waals surface area contributed by atoms with Crippen molar-refractivity contribution in [3.8, 4) is 0 Å². The van der Waals surface area contributed by atoms with E-state index in [1.807, 2.05) is 0 Å². The summed E-state index contributed by atoms with van der Waals surface area (Å²) in [6, 6.07) is 9.51. The number of aryl methyl sites for hydroxylation is 1. The minimum atomic E-state index is 0.150. The summed E-state index contributed by atoms with van der Waals surface area (Å²) in [5, 5.41) is 0. The van der Waals surface area contributed by atoms with Gasteiger partial charge >= 0.3 is 0 Å². The summed E-state index contributed by atoms with van der Waals surface area (Å²) >= 11 is 0. The number of rotatable bonds is 6. The molecule has 0 radical (unpaired) electrons. The first-order valence-corrected chi connectivity index (χ1v) is 8.03. The topological polar surface area (TPSA) is 50.5 Å². The molecule has 1 fully saturated rings. The molecule has 0 spiro atoms. The summed E-state index contributed by atoms with van der Waals surface area (Å²) in [5.41, 5.74) is 5.63. The molecule has 0 aromatic heterocycles. The van der Waals surface area contributed by atoms with E-state index in [-0.39, 0.29) is 12.1 Å². The third kappa shape index (κ3) is 4.51. The second-order valence-corrected chi connectivity index (χ2v) is 6.15. The van der Waals surface area contributed by atoms with Crippen LogP contribution in [-0.2, 0) is 17.6 Å². The summed E-state index contributed by atoms with van der Waals surface area (Å²) in [4.78, 5) is 2.46. The monoisotopic (exact) mass is 291 g/mol. The van der Waals surface area contributed by atoms with E-state index in [0.29, 0.717) is 6.04 Å². The lowest BCUT2D eigenvalue weighted by molar-refractivity contribution is -0.0552. The van der Waals surface area contributed by atoms with Crippen molar-refractivity contribution in [1.82, 2.24) is 10.3 Å². The number of benzene rings is 1. The van der Waals surface area contributed by atoms with Crippen LogP contribution in [0.2, 0.25) is 0 Å². The number of hydrogen-bond donors (Lipinski definition) is 2. The Balaban J connectivity index is 1.98. The summed E-state index contributed by atoms with van der Waals surface area (Å²) in [6.07, 6.45) is 2.13.